The molecule has 2 aromatic rings. The summed E-state index contributed by atoms with van der Waals surface area (Å²) >= 11 is 0. The minimum atomic E-state index is -0.438. The maximum Gasteiger partial charge on any atom is 0.273 e. The van der Waals surface area contributed by atoms with E-state index in [1.54, 1.807) is 17.0 Å². The third kappa shape index (κ3) is 8.10. The molecule has 4 rings (SSSR count). The average molecular weight is 588 g/mol. The fourth-order valence-corrected chi connectivity index (χ4v) is 5.38. The molecule has 2 aliphatic heterocycles. The summed E-state index contributed by atoms with van der Waals surface area (Å²) < 4.78 is 0. The lowest BCUT2D eigenvalue weighted by Crippen LogP contribution is -2.46. The van der Waals surface area contributed by atoms with Crippen LogP contribution in [0.5, 0.6) is 0 Å². The molecular formula is C34H45N5O4. The van der Waals surface area contributed by atoms with Crippen LogP contribution in [0, 0.1) is 5.41 Å². The van der Waals surface area contributed by atoms with E-state index in [9.17, 15) is 14.4 Å². The van der Waals surface area contributed by atoms with Crippen LogP contribution >= 0.6 is 0 Å². The molecule has 0 bridgehead atoms. The lowest BCUT2D eigenvalue weighted by Gasteiger charge is -2.25. The number of amidine groups is 1. The quantitative estimate of drug-likeness (QED) is 0.357. The Morgan fingerprint density at radius 2 is 1.81 bits per heavy atom. The van der Waals surface area contributed by atoms with Gasteiger partial charge >= 0.3 is 0 Å². The van der Waals surface area contributed by atoms with E-state index in [-0.39, 0.29) is 29.6 Å². The van der Waals surface area contributed by atoms with Crippen molar-refractivity contribution in [2.45, 2.75) is 72.8 Å². The van der Waals surface area contributed by atoms with E-state index in [1.165, 1.54) is 5.06 Å². The number of rotatable bonds is 10. The van der Waals surface area contributed by atoms with Gasteiger partial charge in [-0.2, -0.15) is 0 Å². The van der Waals surface area contributed by atoms with Crippen LogP contribution in [0.25, 0.3) is 17.2 Å². The highest BCUT2D eigenvalue weighted by Crippen LogP contribution is 2.32. The zero-order valence-corrected chi connectivity index (χ0v) is 26.1. The van der Waals surface area contributed by atoms with Gasteiger partial charge in [0.25, 0.3) is 11.8 Å². The zero-order chi connectivity index (χ0) is 31.1. The predicted molar refractivity (Wildman–Crippen MR) is 171 cm³/mol. The molecule has 9 heteroatoms. The molecule has 2 heterocycles. The van der Waals surface area contributed by atoms with E-state index < -0.39 is 6.04 Å². The van der Waals surface area contributed by atoms with E-state index in [2.05, 4.69) is 31.1 Å². The second kappa shape index (κ2) is 14.0. The number of amides is 3. The number of hydrogen-bond donors (Lipinski definition) is 2. The Balaban J connectivity index is 1.49. The standard InChI is InChI=1S/C34H45N5O4/c1-6-18-39(43-7-2)33(42)27-20-26-15-14-25(21-28(26)37-30(35)22-27)23-10-12-24(13-11-23)32(41)38-19-8-9-29(38)31(40)36-17-16-34(3,4)5/h10-15,20-21,29H,6-9,16-19,22H2,1-5H3,(H2,35,37)(H,36,40)/t29-/m0/s1. The molecule has 0 radical (unpaired) electrons. The van der Waals surface area contributed by atoms with Gasteiger partial charge in [0, 0.05) is 42.8 Å². The van der Waals surface area contributed by atoms with Crippen LogP contribution in [-0.2, 0) is 14.4 Å². The van der Waals surface area contributed by atoms with Crippen LogP contribution in [0.2, 0.25) is 0 Å². The summed E-state index contributed by atoms with van der Waals surface area (Å²) in [7, 11) is 0. The summed E-state index contributed by atoms with van der Waals surface area (Å²) in [6.07, 6.45) is 5.21. The Bertz CT molecular complexity index is 1380. The zero-order valence-electron chi connectivity index (χ0n) is 26.1. The predicted octanol–water partition coefficient (Wildman–Crippen LogP) is 5.48. The number of hydroxylamine groups is 2. The minimum absolute atomic E-state index is 0.0774. The molecule has 0 saturated carbocycles. The Morgan fingerprint density at radius 3 is 2.49 bits per heavy atom. The van der Waals surface area contributed by atoms with Crippen LogP contribution in [0.3, 0.4) is 0 Å². The number of carbonyl (C=O) groups is 3. The first-order valence-corrected chi connectivity index (χ1v) is 15.3. The van der Waals surface area contributed by atoms with Crippen LogP contribution in [0.4, 0.5) is 5.69 Å². The van der Waals surface area contributed by atoms with Crippen molar-refractivity contribution >= 4 is 35.3 Å². The number of carbonyl (C=O) groups excluding carboxylic acids is 3. The SMILES string of the molecule is CCCN(OCC)C(=O)C1=Cc2ccc(-c3ccc(C(=O)N4CCC[C@H]4C(=O)NCCC(C)(C)C)cc3)cc2N=C(N)C1. The van der Waals surface area contributed by atoms with E-state index >= 15 is 0 Å². The molecular weight excluding hydrogens is 542 g/mol. The Labute approximate surface area is 255 Å². The van der Waals surface area contributed by atoms with Crippen molar-refractivity contribution in [2.24, 2.45) is 16.1 Å². The van der Waals surface area contributed by atoms with Gasteiger partial charge in [-0.05, 0) is 73.4 Å². The van der Waals surface area contributed by atoms with E-state index in [4.69, 9.17) is 10.6 Å². The topological polar surface area (TPSA) is 117 Å². The molecule has 9 nitrogen and oxygen atoms in total. The third-order valence-electron chi connectivity index (χ3n) is 7.66. The molecule has 0 aromatic heterocycles. The van der Waals surface area contributed by atoms with Crippen molar-refractivity contribution in [3.63, 3.8) is 0 Å². The number of aliphatic imine (C=N–C) groups is 1. The monoisotopic (exact) mass is 587 g/mol. The van der Waals surface area contributed by atoms with Gasteiger partial charge in [-0.3, -0.25) is 19.2 Å². The molecule has 2 aliphatic rings. The van der Waals surface area contributed by atoms with Crippen LogP contribution in [-0.4, -0.2) is 65.8 Å². The van der Waals surface area contributed by atoms with Crippen molar-refractivity contribution < 1.29 is 19.2 Å². The number of likely N-dealkylation sites (tertiary alicyclic amines) is 1. The van der Waals surface area contributed by atoms with Gasteiger partial charge in [0.2, 0.25) is 5.91 Å². The average Bonchev–Trinajstić information content (AvgIpc) is 3.39. The fraction of sp³-hybridized carbons (Fsp3) is 0.471. The molecule has 3 amide bonds. The first-order chi connectivity index (χ1) is 20.5. The number of benzene rings is 2. The van der Waals surface area contributed by atoms with Crippen molar-refractivity contribution in [3.8, 4) is 11.1 Å². The number of nitrogens with zero attached hydrogens (tertiary/aromatic N) is 3. The van der Waals surface area contributed by atoms with Crippen LogP contribution in [0.1, 0.15) is 82.6 Å². The highest BCUT2D eigenvalue weighted by Gasteiger charge is 2.34. The number of nitrogens with one attached hydrogen (secondary N) is 1. The summed E-state index contributed by atoms with van der Waals surface area (Å²) in [4.78, 5) is 51.3. The van der Waals surface area contributed by atoms with Crippen LogP contribution < -0.4 is 11.1 Å². The first-order valence-electron chi connectivity index (χ1n) is 15.3. The number of fused-ring (bicyclic) bond motifs is 1. The van der Waals surface area contributed by atoms with E-state index in [0.717, 1.165) is 36.0 Å². The molecule has 2 aromatic carbocycles. The third-order valence-corrected chi connectivity index (χ3v) is 7.66. The maximum absolute atomic E-state index is 13.4. The summed E-state index contributed by atoms with van der Waals surface area (Å²) in [6, 6.07) is 12.8. The molecule has 230 valence electrons. The molecule has 1 atom stereocenters. The smallest absolute Gasteiger partial charge is 0.273 e. The molecule has 0 unspecified atom stereocenters. The van der Waals surface area contributed by atoms with Gasteiger partial charge in [0.15, 0.2) is 0 Å². The number of nitrogens with two attached hydrogens (primary N) is 1. The van der Waals surface area contributed by atoms with Crippen molar-refractivity contribution in [2.75, 3.05) is 26.2 Å². The first kappa shape index (κ1) is 31.9. The highest BCUT2D eigenvalue weighted by atomic mass is 16.7. The summed E-state index contributed by atoms with van der Waals surface area (Å²) in [5, 5.41) is 4.42. The molecule has 3 N–H and O–H groups in total. The minimum Gasteiger partial charge on any atom is -0.387 e. The Morgan fingerprint density at radius 1 is 1.09 bits per heavy atom. The second-order valence-corrected chi connectivity index (χ2v) is 12.4. The lowest BCUT2D eigenvalue weighted by atomic mass is 9.92. The second-order valence-electron chi connectivity index (χ2n) is 12.4. The fourth-order valence-electron chi connectivity index (χ4n) is 5.38. The van der Waals surface area contributed by atoms with Crippen LogP contribution in [0.15, 0.2) is 53.0 Å². The van der Waals surface area contributed by atoms with Gasteiger partial charge in [0.05, 0.1) is 12.3 Å². The van der Waals surface area contributed by atoms with Gasteiger partial charge in [-0.25, -0.2) is 10.1 Å². The van der Waals surface area contributed by atoms with Crippen molar-refractivity contribution in [3.05, 3.63) is 59.2 Å². The largest absolute Gasteiger partial charge is 0.387 e. The molecule has 43 heavy (non-hydrogen) atoms. The molecule has 1 fully saturated rings. The molecule has 0 spiro atoms. The summed E-state index contributed by atoms with van der Waals surface area (Å²) in [5.74, 6) is -0.0640. The van der Waals surface area contributed by atoms with Crippen molar-refractivity contribution in [1.29, 1.82) is 0 Å². The normalized spacial score (nSPS) is 16.6. The van der Waals surface area contributed by atoms with Gasteiger partial charge in [-0.15, -0.1) is 0 Å². The van der Waals surface area contributed by atoms with Gasteiger partial charge in [0.1, 0.15) is 11.9 Å². The van der Waals surface area contributed by atoms with Gasteiger partial charge in [-0.1, -0.05) is 52.0 Å². The Hall–Kier alpha value is -3.98. The molecule has 1 saturated heterocycles. The highest BCUT2D eigenvalue weighted by molar-refractivity contribution is 6.05. The van der Waals surface area contributed by atoms with E-state index in [1.807, 2.05) is 50.3 Å². The summed E-state index contributed by atoms with van der Waals surface area (Å²) in [6.45, 7) is 12.3. The van der Waals surface area contributed by atoms with E-state index in [0.29, 0.717) is 55.3 Å². The molecule has 0 aliphatic carbocycles. The maximum atomic E-state index is 13.4. The lowest BCUT2D eigenvalue weighted by molar-refractivity contribution is -0.180. The van der Waals surface area contributed by atoms with Crippen molar-refractivity contribution in [1.82, 2.24) is 15.3 Å². The van der Waals surface area contributed by atoms with Gasteiger partial charge < -0.3 is 16.0 Å². The Kier molecular flexibility index (Phi) is 10.4. The number of hydrogen-bond acceptors (Lipinski definition) is 6. The summed E-state index contributed by atoms with van der Waals surface area (Å²) in [5.41, 5.74) is 10.7.